The lowest BCUT2D eigenvalue weighted by molar-refractivity contribution is -0.149. The Morgan fingerprint density at radius 2 is 1.80 bits per heavy atom. The van der Waals surface area contributed by atoms with Crippen molar-refractivity contribution in [3.63, 3.8) is 0 Å². The molecule has 1 aromatic rings. The molecule has 1 saturated carbocycles. The van der Waals surface area contributed by atoms with Gasteiger partial charge in [0.2, 0.25) is 11.8 Å². The molecular weight excluding hydrogens is 320 g/mol. The summed E-state index contributed by atoms with van der Waals surface area (Å²) in [4.78, 5) is 38.3. The van der Waals surface area contributed by atoms with Gasteiger partial charge in [0.05, 0.1) is 5.92 Å². The summed E-state index contributed by atoms with van der Waals surface area (Å²) in [5.41, 5.74) is 0.706. The van der Waals surface area contributed by atoms with Gasteiger partial charge >= 0.3 is 5.97 Å². The molecule has 1 aliphatic heterocycles. The Morgan fingerprint density at radius 3 is 2.40 bits per heavy atom. The van der Waals surface area contributed by atoms with Gasteiger partial charge in [-0.05, 0) is 31.9 Å². The summed E-state index contributed by atoms with van der Waals surface area (Å²) >= 11 is 0. The van der Waals surface area contributed by atoms with E-state index in [-0.39, 0.29) is 18.2 Å². The lowest BCUT2D eigenvalue weighted by Crippen LogP contribution is -2.57. The van der Waals surface area contributed by atoms with Gasteiger partial charge in [0.25, 0.3) is 0 Å². The molecule has 2 amide bonds. The summed E-state index contributed by atoms with van der Waals surface area (Å²) in [7, 11) is 0. The first kappa shape index (κ1) is 17.5. The van der Waals surface area contributed by atoms with E-state index in [9.17, 15) is 19.5 Å². The average Bonchev–Trinajstić information content (AvgIpc) is 2.98. The predicted molar refractivity (Wildman–Crippen MR) is 93.2 cm³/mol. The van der Waals surface area contributed by atoms with Crippen LogP contribution in [0.25, 0.3) is 0 Å². The molecule has 1 aromatic carbocycles. The summed E-state index contributed by atoms with van der Waals surface area (Å²) in [6.45, 7) is 2.27. The van der Waals surface area contributed by atoms with Crippen LogP contribution in [0, 0.1) is 12.8 Å². The zero-order chi connectivity index (χ0) is 18.0. The van der Waals surface area contributed by atoms with Crippen molar-refractivity contribution in [1.82, 2.24) is 5.32 Å². The third-order valence-electron chi connectivity index (χ3n) is 5.32. The molecule has 1 atom stereocenters. The Balaban J connectivity index is 1.70. The maximum atomic E-state index is 12.6. The maximum absolute atomic E-state index is 12.6. The quantitative estimate of drug-likeness (QED) is 0.877. The van der Waals surface area contributed by atoms with Crippen molar-refractivity contribution in [3.8, 4) is 0 Å². The number of rotatable bonds is 4. The van der Waals surface area contributed by atoms with Gasteiger partial charge in [-0.3, -0.25) is 9.59 Å². The van der Waals surface area contributed by atoms with Crippen LogP contribution in [0.1, 0.15) is 44.1 Å². The van der Waals surface area contributed by atoms with Crippen LogP contribution in [-0.2, 0) is 14.4 Å². The Kier molecular flexibility index (Phi) is 4.79. The molecule has 6 nitrogen and oxygen atoms in total. The van der Waals surface area contributed by atoms with Gasteiger partial charge in [0, 0.05) is 18.7 Å². The highest BCUT2D eigenvalue weighted by Crippen LogP contribution is 2.31. The number of aliphatic carboxylic acids is 1. The number of nitrogens with one attached hydrogen (secondary N) is 1. The molecule has 6 heteroatoms. The minimum atomic E-state index is -1.17. The van der Waals surface area contributed by atoms with Crippen LogP contribution in [-0.4, -0.2) is 35.0 Å². The van der Waals surface area contributed by atoms with Gasteiger partial charge in [-0.25, -0.2) is 4.79 Å². The van der Waals surface area contributed by atoms with E-state index in [1.54, 1.807) is 4.90 Å². The number of hydrogen-bond donors (Lipinski definition) is 2. The number of benzene rings is 1. The van der Waals surface area contributed by atoms with Crippen LogP contribution in [0.3, 0.4) is 0 Å². The predicted octanol–water partition coefficient (Wildman–Crippen LogP) is 2.25. The van der Waals surface area contributed by atoms with Gasteiger partial charge in [0.1, 0.15) is 5.54 Å². The van der Waals surface area contributed by atoms with Crippen molar-refractivity contribution >= 4 is 23.5 Å². The molecule has 134 valence electrons. The zero-order valence-corrected chi connectivity index (χ0v) is 14.5. The molecule has 2 fully saturated rings. The van der Waals surface area contributed by atoms with E-state index < -0.39 is 17.4 Å². The highest BCUT2D eigenvalue weighted by molar-refractivity contribution is 6.01. The summed E-state index contributed by atoms with van der Waals surface area (Å²) in [5.74, 6) is -1.91. The molecular formula is C19H24N2O4. The third kappa shape index (κ3) is 3.52. The number of aryl methyl sites for hydroxylation is 1. The lowest BCUT2D eigenvalue weighted by atomic mass is 9.81. The fraction of sp³-hybridized carbons (Fsp3) is 0.526. The Labute approximate surface area is 147 Å². The Hall–Kier alpha value is -2.37. The summed E-state index contributed by atoms with van der Waals surface area (Å²) < 4.78 is 0. The van der Waals surface area contributed by atoms with E-state index in [2.05, 4.69) is 5.32 Å². The molecule has 0 aromatic heterocycles. The van der Waals surface area contributed by atoms with E-state index in [0.717, 1.165) is 30.5 Å². The van der Waals surface area contributed by atoms with Crippen LogP contribution in [0.15, 0.2) is 24.3 Å². The third-order valence-corrected chi connectivity index (χ3v) is 5.32. The van der Waals surface area contributed by atoms with Crippen LogP contribution >= 0.6 is 0 Å². The number of carboxylic acid groups (broad SMARTS) is 1. The van der Waals surface area contributed by atoms with Crippen molar-refractivity contribution in [2.45, 2.75) is 51.0 Å². The van der Waals surface area contributed by atoms with Gasteiger partial charge in [-0.2, -0.15) is 0 Å². The van der Waals surface area contributed by atoms with E-state index in [1.807, 2.05) is 31.2 Å². The van der Waals surface area contributed by atoms with Crippen molar-refractivity contribution in [3.05, 3.63) is 29.8 Å². The molecule has 25 heavy (non-hydrogen) atoms. The van der Waals surface area contributed by atoms with Crippen molar-refractivity contribution in [1.29, 1.82) is 0 Å². The lowest BCUT2D eigenvalue weighted by Gasteiger charge is -2.34. The molecule has 2 aliphatic rings. The number of carbonyl (C=O) groups is 3. The molecule has 1 heterocycles. The molecule has 1 unspecified atom stereocenters. The normalized spacial score (nSPS) is 22.7. The Morgan fingerprint density at radius 1 is 1.16 bits per heavy atom. The van der Waals surface area contributed by atoms with Crippen molar-refractivity contribution < 1.29 is 19.5 Å². The van der Waals surface area contributed by atoms with Crippen LogP contribution < -0.4 is 10.2 Å². The molecule has 0 bridgehead atoms. The minimum absolute atomic E-state index is 0.1000. The van der Waals surface area contributed by atoms with E-state index in [1.165, 1.54) is 0 Å². The average molecular weight is 344 g/mol. The first-order valence-electron chi connectivity index (χ1n) is 8.84. The number of hydrogen-bond acceptors (Lipinski definition) is 3. The van der Waals surface area contributed by atoms with Gasteiger partial charge in [-0.15, -0.1) is 0 Å². The number of carboxylic acids is 1. The number of nitrogens with zero attached hydrogens (tertiary/aromatic N) is 1. The first-order valence-corrected chi connectivity index (χ1v) is 8.84. The van der Waals surface area contributed by atoms with E-state index in [0.29, 0.717) is 19.4 Å². The molecule has 1 saturated heterocycles. The van der Waals surface area contributed by atoms with Crippen molar-refractivity contribution in [2.75, 3.05) is 11.4 Å². The van der Waals surface area contributed by atoms with E-state index >= 15 is 0 Å². The standard InChI is InChI=1S/C19H24N2O4/c1-13-5-7-15(8-6-13)21-12-14(11-16(21)22)17(23)20-19(18(24)25)9-3-2-4-10-19/h5-8,14H,2-4,9-12H2,1H3,(H,20,23)(H,24,25). The van der Waals surface area contributed by atoms with Gasteiger partial charge in [0.15, 0.2) is 0 Å². The Bertz CT molecular complexity index is 677. The van der Waals surface area contributed by atoms with Crippen LogP contribution in [0.2, 0.25) is 0 Å². The van der Waals surface area contributed by atoms with Crippen LogP contribution in [0.4, 0.5) is 5.69 Å². The fourth-order valence-corrected chi connectivity index (χ4v) is 3.74. The van der Waals surface area contributed by atoms with Crippen LogP contribution in [0.5, 0.6) is 0 Å². The molecule has 0 spiro atoms. The monoisotopic (exact) mass is 344 g/mol. The smallest absolute Gasteiger partial charge is 0.329 e. The van der Waals surface area contributed by atoms with Gasteiger partial charge in [-0.1, -0.05) is 37.0 Å². The SMILES string of the molecule is Cc1ccc(N2CC(C(=O)NC3(C(=O)O)CCCCC3)CC2=O)cc1. The second-order valence-electron chi connectivity index (χ2n) is 7.18. The maximum Gasteiger partial charge on any atom is 0.329 e. The van der Waals surface area contributed by atoms with Gasteiger partial charge < -0.3 is 15.3 Å². The fourth-order valence-electron chi connectivity index (χ4n) is 3.74. The molecule has 2 N–H and O–H groups in total. The van der Waals surface area contributed by atoms with Crippen molar-refractivity contribution in [2.24, 2.45) is 5.92 Å². The topological polar surface area (TPSA) is 86.7 Å². The zero-order valence-electron chi connectivity index (χ0n) is 14.5. The summed E-state index contributed by atoms with van der Waals surface area (Å²) in [6, 6.07) is 7.59. The minimum Gasteiger partial charge on any atom is -0.480 e. The number of anilines is 1. The molecule has 3 rings (SSSR count). The first-order chi connectivity index (χ1) is 11.9. The molecule has 1 aliphatic carbocycles. The molecule has 0 radical (unpaired) electrons. The summed E-state index contributed by atoms with van der Waals surface area (Å²) in [6.07, 6.45) is 3.62. The number of carbonyl (C=O) groups excluding carboxylic acids is 2. The largest absolute Gasteiger partial charge is 0.480 e. The van der Waals surface area contributed by atoms with E-state index in [4.69, 9.17) is 0 Å². The number of amides is 2. The summed E-state index contributed by atoms with van der Waals surface area (Å²) in [5, 5.41) is 12.4. The second kappa shape index (κ2) is 6.86. The highest BCUT2D eigenvalue weighted by atomic mass is 16.4. The second-order valence-corrected chi connectivity index (χ2v) is 7.18. The highest BCUT2D eigenvalue weighted by Gasteiger charge is 2.44.